The average molecular weight is 308 g/mol. The molecule has 1 aromatic carbocycles. The molecule has 0 radical (unpaired) electrons. The Hall–Kier alpha value is -1.32. The van der Waals surface area contributed by atoms with Crippen molar-refractivity contribution in [2.24, 2.45) is 0 Å². The van der Waals surface area contributed by atoms with Crippen molar-refractivity contribution >= 4 is 28.8 Å². The first-order valence-corrected chi connectivity index (χ1v) is 7.86. The molecule has 0 bridgehead atoms. The molecule has 4 heteroatoms. The van der Waals surface area contributed by atoms with Crippen LogP contribution in [0, 0.1) is 6.92 Å². The number of amides is 1. The summed E-state index contributed by atoms with van der Waals surface area (Å²) in [6.07, 6.45) is 0. The lowest BCUT2D eigenvalue weighted by atomic mass is 10.1. The molecular weight excluding hydrogens is 290 g/mol. The molecule has 1 atom stereocenters. The van der Waals surface area contributed by atoms with Gasteiger partial charge in [0.15, 0.2) is 0 Å². The van der Waals surface area contributed by atoms with Crippen LogP contribution in [0.4, 0.5) is 0 Å². The number of thiophene rings is 1. The Balaban J connectivity index is 2.14. The Kier molecular flexibility index (Phi) is 4.84. The molecule has 0 aliphatic heterocycles. The van der Waals surface area contributed by atoms with E-state index in [1.54, 1.807) is 16.2 Å². The third kappa shape index (κ3) is 3.22. The molecule has 1 heterocycles. The van der Waals surface area contributed by atoms with Crippen molar-refractivity contribution in [2.75, 3.05) is 7.05 Å². The van der Waals surface area contributed by atoms with Crippen molar-refractivity contribution in [1.29, 1.82) is 0 Å². The van der Waals surface area contributed by atoms with Crippen LogP contribution in [0.1, 0.15) is 38.6 Å². The van der Waals surface area contributed by atoms with Gasteiger partial charge in [-0.3, -0.25) is 4.79 Å². The maximum atomic E-state index is 12.5. The average Bonchev–Trinajstić information content (AvgIpc) is 2.91. The quantitative estimate of drug-likeness (QED) is 0.754. The predicted molar refractivity (Wildman–Crippen MR) is 85.6 cm³/mol. The van der Waals surface area contributed by atoms with E-state index < -0.39 is 0 Å². The van der Waals surface area contributed by atoms with Crippen LogP contribution in [0.25, 0.3) is 0 Å². The molecular formula is C16H18ClNOS. The number of carbonyl (C=O) groups excluding carboxylic acids is 1. The Morgan fingerprint density at radius 1 is 1.25 bits per heavy atom. The summed E-state index contributed by atoms with van der Waals surface area (Å²) in [5.41, 5.74) is 1.72. The standard InChI is InChI=1S/C16H18ClNOS/c1-11-4-9-15(20-11)12(2)18(3)16(19)14-7-5-13(10-17)6-8-14/h4-9,12H,10H2,1-3H3. The summed E-state index contributed by atoms with van der Waals surface area (Å²) in [6, 6.07) is 11.7. The molecule has 2 nitrogen and oxygen atoms in total. The molecule has 1 amide bonds. The summed E-state index contributed by atoms with van der Waals surface area (Å²) in [5.74, 6) is 0.500. The van der Waals surface area contributed by atoms with Crippen molar-refractivity contribution in [3.63, 3.8) is 0 Å². The van der Waals surface area contributed by atoms with Crippen LogP contribution in [0.5, 0.6) is 0 Å². The highest BCUT2D eigenvalue weighted by Crippen LogP contribution is 2.27. The summed E-state index contributed by atoms with van der Waals surface area (Å²) >= 11 is 7.49. The summed E-state index contributed by atoms with van der Waals surface area (Å²) in [6.45, 7) is 4.13. The number of nitrogens with zero attached hydrogens (tertiary/aromatic N) is 1. The first-order chi connectivity index (χ1) is 9.52. The van der Waals surface area contributed by atoms with Gasteiger partial charge in [0.05, 0.1) is 6.04 Å². The van der Waals surface area contributed by atoms with Crippen LogP contribution in [0.15, 0.2) is 36.4 Å². The highest BCUT2D eigenvalue weighted by Gasteiger charge is 2.19. The van der Waals surface area contributed by atoms with Crippen molar-refractivity contribution in [2.45, 2.75) is 25.8 Å². The van der Waals surface area contributed by atoms with E-state index in [0.29, 0.717) is 11.4 Å². The molecule has 0 aliphatic rings. The fraction of sp³-hybridized carbons (Fsp3) is 0.312. The largest absolute Gasteiger partial charge is 0.334 e. The monoisotopic (exact) mass is 307 g/mol. The zero-order valence-corrected chi connectivity index (χ0v) is 13.5. The number of aryl methyl sites for hydroxylation is 1. The third-order valence-electron chi connectivity index (χ3n) is 3.43. The highest BCUT2D eigenvalue weighted by molar-refractivity contribution is 7.12. The van der Waals surface area contributed by atoms with Crippen LogP contribution in [0.3, 0.4) is 0 Å². The van der Waals surface area contributed by atoms with E-state index in [1.165, 1.54) is 9.75 Å². The molecule has 1 aromatic heterocycles. The molecule has 0 saturated heterocycles. The van der Waals surface area contributed by atoms with E-state index in [0.717, 1.165) is 5.56 Å². The van der Waals surface area contributed by atoms with Gasteiger partial charge in [-0.15, -0.1) is 22.9 Å². The van der Waals surface area contributed by atoms with Gasteiger partial charge in [-0.25, -0.2) is 0 Å². The normalized spacial score (nSPS) is 12.2. The van der Waals surface area contributed by atoms with Gasteiger partial charge in [-0.1, -0.05) is 12.1 Å². The van der Waals surface area contributed by atoms with E-state index >= 15 is 0 Å². The maximum Gasteiger partial charge on any atom is 0.254 e. The van der Waals surface area contributed by atoms with Crippen LogP contribution < -0.4 is 0 Å². The molecule has 2 aromatic rings. The van der Waals surface area contributed by atoms with Gasteiger partial charge >= 0.3 is 0 Å². The lowest BCUT2D eigenvalue weighted by molar-refractivity contribution is 0.0745. The summed E-state index contributed by atoms with van der Waals surface area (Å²) in [7, 11) is 1.84. The van der Waals surface area contributed by atoms with Gasteiger partial charge in [-0.2, -0.15) is 0 Å². The van der Waals surface area contributed by atoms with Crippen LogP contribution in [-0.4, -0.2) is 17.9 Å². The van der Waals surface area contributed by atoms with Gasteiger partial charge in [0, 0.05) is 28.2 Å². The maximum absolute atomic E-state index is 12.5. The zero-order valence-electron chi connectivity index (χ0n) is 11.9. The molecule has 0 N–H and O–H groups in total. The molecule has 0 spiro atoms. The number of alkyl halides is 1. The number of hydrogen-bond donors (Lipinski definition) is 0. The van der Waals surface area contributed by atoms with Gasteiger partial charge in [0.1, 0.15) is 0 Å². The van der Waals surface area contributed by atoms with E-state index in [-0.39, 0.29) is 11.9 Å². The Labute approximate surface area is 129 Å². The van der Waals surface area contributed by atoms with Gasteiger partial charge in [0.25, 0.3) is 5.91 Å². The fourth-order valence-electron chi connectivity index (χ4n) is 1.98. The van der Waals surface area contributed by atoms with Gasteiger partial charge in [-0.05, 0) is 43.7 Å². The number of hydrogen-bond acceptors (Lipinski definition) is 2. The molecule has 2 rings (SSSR count). The Morgan fingerprint density at radius 3 is 2.40 bits per heavy atom. The molecule has 0 aliphatic carbocycles. The van der Waals surface area contributed by atoms with Crippen LogP contribution in [-0.2, 0) is 5.88 Å². The van der Waals surface area contributed by atoms with E-state index in [4.69, 9.17) is 11.6 Å². The Bertz CT molecular complexity index is 591. The zero-order chi connectivity index (χ0) is 14.7. The number of rotatable bonds is 4. The van der Waals surface area contributed by atoms with E-state index in [1.807, 2.05) is 31.3 Å². The van der Waals surface area contributed by atoms with Crippen molar-refractivity contribution in [1.82, 2.24) is 4.90 Å². The van der Waals surface area contributed by atoms with Crippen molar-refractivity contribution in [3.05, 3.63) is 57.3 Å². The number of halogens is 1. The van der Waals surface area contributed by atoms with E-state index in [2.05, 4.69) is 26.0 Å². The summed E-state index contributed by atoms with van der Waals surface area (Å²) in [4.78, 5) is 16.7. The lowest BCUT2D eigenvalue weighted by Crippen LogP contribution is -2.29. The second-order valence-corrected chi connectivity index (χ2v) is 6.46. The highest BCUT2D eigenvalue weighted by atomic mass is 35.5. The Morgan fingerprint density at radius 2 is 1.90 bits per heavy atom. The number of benzene rings is 1. The van der Waals surface area contributed by atoms with Crippen LogP contribution >= 0.6 is 22.9 Å². The number of carbonyl (C=O) groups is 1. The SMILES string of the molecule is Cc1ccc(C(C)N(C)C(=O)c2ccc(CCl)cc2)s1. The van der Waals surface area contributed by atoms with Gasteiger partial charge in [0.2, 0.25) is 0 Å². The first kappa shape index (κ1) is 15.1. The minimum Gasteiger partial charge on any atom is -0.334 e. The fourth-order valence-corrected chi connectivity index (χ4v) is 3.14. The molecule has 106 valence electrons. The van der Waals surface area contributed by atoms with E-state index in [9.17, 15) is 4.79 Å². The molecule has 0 fully saturated rings. The molecule has 20 heavy (non-hydrogen) atoms. The molecule has 1 unspecified atom stereocenters. The predicted octanol–water partition coefficient (Wildman–Crippen LogP) is 4.63. The summed E-state index contributed by atoms with van der Waals surface area (Å²) < 4.78 is 0. The minimum absolute atomic E-state index is 0.0321. The topological polar surface area (TPSA) is 20.3 Å². The second-order valence-electron chi connectivity index (χ2n) is 4.87. The smallest absolute Gasteiger partial charge is 0.254 e. The van der Waals surface area contributed by atoms with Gasteiger partial charge < -0.3 is 4.90 Å². The first-order valence-electron chi connectivity index (χ1n) is 6.51. The second kappa shape index (κ2) is 6.42. The molecule has 0 saturated carbocycles. The van der Waals surface area contributed by atoms with Crippen LogP contribution in [0.2, 0.25) is 0 Å². The van der Waals surface area contributed by atoms with Crippen molar-refractivity contribution in [3.8, 4) is 0 Å². The third-order valence-corrected chi connectivity index (χ3v) is 4.91. The summed E-state index contributed by atoms with van der Waals surface area (Å²) in [5, 5.41) is 0. The van der Waals surface area contributed by atoms with Crippen molar-refractivity contribution < 1.29 is 4.79 Å². The lowest BCUT2D eigenvalue weighted by Gasteiger charge is -2.24. The minimum atomic E-state index is 0.0321.